The number of esters is 2. The van der Waals surface area contributed by atoms with Gasteiger partial charge in [0.1, 0.15) is 5.60 Å². The second-order valence-electron chi connectivity index (χ2n) is 15.3. The lowest BCUT2D eigenvalue weighted by Gasteiger charge is -2.37. The van der Waals surface area contributed by atoms with Crippen LogP contribution in [0.25, 0.3) is 6.08 Å². The molecule has 65 heavy (non-hydrogen) atoms. The Morgan fingerprint density at radius 1 is 0.723 bits per heavy atom. The molecule has 1 N–H and O–H groups in total. The van der Waals surface area contributed by atoms with Gasteiger partial charge < -0.3 is 19.1 Å². The highest BCUT2D eigenvalue weighted by molar-refractivity contribution is 7.97. The van der Waals surface area contributed by atoms with Gasteiger partial charge in [0.05, 0.1) is 27.6 Å². The largest absolute Gasteiger partial charge is 0.748 e. The average molecular weight is 931 g/mol. The van der Waals surface area contributed by atoms with Gasteiger partial charge in [0, 0.05) is 16.9 Å². The Morgan fingerprint density at radius 2 is 1.14 bits per heavy atom. The number of benzene rings is 5. The van der Waals surface area contributed by atoms with E-state index < -0.39 is 39.2 Å². The molecule has 0 aliphatic heterocycles. The van der Waals surface area contributed by atoms with E-state index in [4.69, 9.17) is 4.74 Å². The van der Waals surface area contributed by atoms with E-state index in [1.54, 1.807) is 6.92 Å². The molecule has 1 aliphatic rings. The smallest absolute Gasteiger partial charge is 0.421 e. The van der Waals surface area contributed by atoms with Crippen molar-refractivity contribution in [1.82, 2.24) is 0 Å². The minimum Gasteiger partial charge on any atom is -0.748 e. The van der Waals surface area contributed by atoms with E-state index in [9.17, 15) is 40.8 Å². The predicted octanol–water partition coefficient (Wildman–Crippen LogP) is 11.9. The number of ether oxygens (including phenoxy) is 2. The summed E-state index contributed by atoms with van der Waals surface area (Å²) < 4.78 is 77.9. The summed E-state index contributed by atoms with van der Waals surface area (Å²) in [5.74, 6) is -1.37. The third kappa shape index (κ3) is 17.6. The first-order valence-corrected chi connectivity index (χ1v) is 23.6. The zero-order chi connectivity index (χ0) is 48.1. The molecule has 6 rings (SSSR count). The first kappa shape index (κ1) is 53.6. The molecule has 0 heterocycles. The van der Waals surface area contributed by atoms with Crippen molar-refractivity contribution in [2.24, 2.45) is 0 Å². The standard InChI is InChI=1S/C18H15S.C16H20O2.C11H11F3O.C7H12O5S/c1-4-10-16(11-5-1)19(17-12-6-2-7-13-17)18-14-8-3-9-15-18;1-13(2)15(17)18-16(11-7-4-8-12-16)14-9-5-3-6-10-14;1-3-8-4-6-9(7-5-8)10(2,15)11(12,13)14;1-6(2)7(8)12-4-3-5-13(9,10)11/h1-15H;3,5-6,9-10H,1,4,7-8,11-12H2,2H3;3-7,15H,1H2,2H3;1,3-5H2,2H3,(H,9,10,11)/q+1;;;/p-1. The summed E-state index contributed by atoms with van der Waals surface area (Å²) in [5, 5.41) is 9.34. The van der Waals surface area contributed by atoms with Crippen molar-refractivity contribution in [3.63, 3.8) is 0 Å². The van der Waals surface area contributed by atoms with Gasteiger partial charge in [0.2, 0.25) is 0 Å². The molecule has 0 bridgehead atoms. The van der Waals surface area contributed by atoms with Gasteiger partial charge >= 0.3 is 18.1 Å². The number of aliphatic hydroxyl groups is 1. The van der Waals surface area contributed by atoms with Crippen LogP contribution in [0.4, 0.5) is 13.2 Å². The lowest BCUT2D eigenvalue weighted by molar-refractivity contribution is -0.258. The van der Waals surface area contributed by atoms with Crippen LogP contribution in [0.2, 0.25) is 0 Å². The summed E-state index contributed by atoms with van der Waals surface area (Å²) in [5.41, 5.74) is -0.903. The Balaban J connectivity index is 0.000000233. The predicted molar refractivity (Wildman–Crippen MR) is 251 cm³/mol. The van der Waals surface area contributed by atoms with Crippen LogP contribution < -0.4 is 0 Å². The molecule has 1 unspecified atom stereocenters. The molecule has 346 valence electrons. The van der Waals surface area contributed by atoms with Gasteiger partial charge in [-0.1, -0.05) is 141 Å². The van der Waals surface area contributed by atoms with Gasteiger partial charge in [-0.05, 0) is 106 Å². The van der Waals surface area contributed by atoms with Crippen molar-refractivity contribution >= 4 is 39.0 Å². The quantitative estimate of drug-likeness (QED) is 0.0406. The second kappa shape index (κ2) is 25.7. The van der Waals surface area contributed by atoms with Crippen LogP contribution >= 0.6 is 0 Å². The van der Waals surface area contributed by atoms with Gasteiger partial charge in [-0.25, -0.2) is 18.0 Å². The van der Waals surface area contributed by atoms with E-state index in [0.29, 0.717) is 11.1 Å². The summed E-state index contributed by atoms with van der Waals surface area (Å²) in [6, 6.07) is 47.7. The van der Waals surface area contributed by atoms with Crippen LogP contribution in [-0.4, -0.2) is 48.6 Å². The molecule has 8 nitrogen and oxygen atoms in total. The van der Waals surface area contributed by atoms with E-state index in [1.807, 2.05) is 18.2 Å². The minimum atomic E-state index is -4.68. The molecular weight excluding hydrogens is 874 g/mol. The second-order valence-corrected chi connectivity index (χ2v) is 18.8. The van der Waals surface area contributed by atoms with Gasteiger partial charge in [-0.3, -0.25) is 0 Å². The van der Waals surface area contributed by atoms with Gasteiger partial charge in [0.15, 0.2) is 20.3 Å². The summed E-state index contributed by atoms with van der Waals surface area (Å²) in [7, 11) is -4.22. The SMILES string of the molecule is C=C(C)C(=O)OC1(c2ccccc2)CCCCC1.C=C(C)C(=O)OCCCS(=O)(=O)[O-].C=Cc1ccc(C(C)(O)C(F)(F)F)cc1.c1ccc([S+](c2ccccc2)c2ccccc2)cc1. The van der Waals surface area contributed by atoms with Crippen LogP contribution in [0, 0.1) is 0 Å². The van der Waals surface area contributed by atoms with E-state index >= 15 is 0 Å². The maximum absolute atomic E-state index is 12.4. The summed E-state index contributed by atoms with van der Waals surface area (Å²) in [6.45, 7) is 14.3. The highest BCUT2D eigenvalue weighted by Gasteiger charge is 2.51. The molecule has 5 aromatic rings. The maximum atomic E-state index is 12.4. The number of halogens is 3. The van der Waals surface area contributed by atoms with Crippen molar-refractivity contribution in [3.05, 3.63) is 193 Å². The fourth-order valence-electron chi connectivity index (χ4n) is 6.29. The molecule has 13 heteroatoms. The summed E-state index contributed by atoms with van der Waals surface area (Å²) in [6.07, 6.45) is 2.13. The van der Waals surface area contributed by atoms with E-state index in [0.717, 1.165) is 38.2 Å². The molecule has 1 aliphatic carbocycles. The first-order chi connectivity index (χ1) is 30.7. The Morgan fingerprint density at radius 3 is 1.51 bits per heavy atom. The third-order valence-corrected chi connectivity index (χ3v) is 12.9. The van der Waals surface area contributed by atoms with Crippen molar-refractivity contribution in [3.8, 4) is 0 Å². The number of alkyl halides is 3. The van der Waals surface area contributed by atoms with Gasteiger partial charge in [-0.2, -0.15) is 13.2 Å². The van der Waals surface area contributed by atoms with Crippen molar-refractivity contribution in [2.45, 2.75) is 91.4 Å². The van der Waals surface area contributed by atoms with Crippen LogP contribution in [-0.2, 0) is 51.3 Å². The molecule has 0 radical (unpaired) electrons. The zero-order valence-electron chi connectivity index (χ0n) is 37.0. The molecular formula is C52H57F3O8S2. The highest BCUT2D eigenvalue weighted by atomic mass is 32.2. The van der Waals surface area contributed by atoms with Crippen molar-refractivity contribution < 1.29 is 50.3 Å². The summed E-state index contributed by atoms with van der Waals surface area (Å²) >= 11 is 0. The molecule has 0 aromatic heterocycles. The number of rotatable bonds is 13. The molecule has 0 saturated heterocycles. The van der Waals surface area contributed by atoms with E-state index in [1.165, 1.54) is 58.4 Å². The normalized spacial score (nSPS) is 13.9. The van der Waals surface area contributed by atoms with Crippen LogP contribution in [0.3, 0.4) is 0 Å². The summed E-state index contributed by atoms with van der Waals surface area (Å²) in [4.78, 5) is 26.7. The molecule has 1 fully saturated rings. The lowest BCUT2D eigenvalue weighted by Crippen LogP contribution is -2.39. The fourth-order valence-corrected chi connectivity index (χ4v) is 8.86. The molecule has 0 amide bonds. The highest BCUT2D eigenvalue weighted by Crippen LogP contribution is 2.41. The maximum Gasteiger partial charge on any atom is 0.421 e. The van der Waals surface area contributed by atoms with E-state index in [-0.39, 0.29) is 41.0 Å². The van der Waals surface area contributed by atoms with Crippen LogP contribution in [0.1, 0.15) is 76.0 Å². The first-order valence-electron chi connectivity index (χ1n) is 20.8. The lowest BCUT2D eigenvalue weighted by atomic mass is 9.79. The number of carbonyl (C=O) groups excluding carboxylic acids is 2. The topological polar surface area (TPSA) is 130 Å². The van der Waals surface area contributed by atoms with Crippen LogP contribution in [0.15, 0.2) is 191 Å². The number of carbonyl (C=O) groups is 2. The molecule has 0 spiro atoms. The fraction of sp³-hybridized carbons (Fsp3) is 0.269. The minimum absolute atomic E-state index is 0.0146. The van der Waals surface area contributed by atoms with Crippen molar-refractivity contribution in [2.75, 3.05) is 12.4 Å². The Kier molecular flexibility index (Phi) is 21.2. The van der Waals surface area contributed by atoms with Crippen molar-refractivity contribution in [1.29, 1.82) is 0 Å². The average Bonchev–Trinajstić information content (AvgIpc) is 3.29. The van der Waals surface area contributed by atoms with Gasteiger partial charge in [-0.15, -0.1) is 0 Å². The van der Waals surface area contributed by atoms with E-state index in [2.05, 4.69) is 128 Å². The number of hydrogen-bond donors (Lipinski definition) is 1. The molecule has 1 saturated carbocycles. The monoisotopic (exact) mass is 930 g/mol. The zero-order valence-corrected chi connectivity index (χ0v) is 38.6. The Bertz CT molecular complexity index is 2270. The Labute approximate surface area is 384 Å². The van der Waals surface area contributed by atoms with Gasteiger partial charge in [0.25, 0.3) is 0 Å². The number of hydrogen-bond acceptors (Lipinski definition) is 8. The Hall–Kier alpha value is -5.73. The molecule has 5 aromatic carbocycles. The molecule has 1 atom stereocenters. The van der Waals surface area contributed by atoms with Crippen LogP contribution in [0.5, 0.6) is 0 Å². The third-order valence-electron chi connectivity index (χ3n) is 9.92.